The summed E-state index contributed by atoms with van der Waals surface area (Å²) < 4.78 is 1.90. The third kappa shape index (κ3) is 5.07. The maximum Gasteiger partial charge on any atom is 0.255 e. The molecule has 1 amide bonds. The van der Waals surface area contributed by atoms with Crippen molar-refractivity contribution in [1.29, 1.82) is 0 Å². The van der Waals surface area contributed by atoms with Gasteiger partial charge in [0.25, 0.3) is 5.91 Å². The van der Waals surface area contributed by atoms with Gasteiger partial charge in [-0.1, -0.05) is 31.9 Å². The van der Waals surface area contributed by atoms with Gasteiger partial charge in [-0.05, 0) is 43.2 Å². The van der Waals surface area contributed by atoms with Crippen LogP contribution in [0.3, 0.4) is 0 Å². The number of H-pyrrole nitrogens is 1. The van der Waals surface area contributed by atoms with E-state index in [1.54, 1.807) is 0 Å². The highest BCUT2D eigenvalue weighted by molar-refractivity contribution is 6.31. The van der Waals surface area contributed by atoms with Gasteiger partial charge < -0.3 is 14.9 Å². The summed E-state index contributed by atoms with van der Waals surface area (Å²) in [6, 6.07) is 9.37. The Hall–Kier alpha value is -2.60. The lowest BCUT2D eigenvalue weighted by molar-refractivity contribution is 0.0951. The number of pyridine rings is 1. The first-order chi connectivity index (χ1) is 13.9. The van der Waals surface area contributed by atoms with Crippen LogP contribution in [0.25, 0.3) is 11.0 Å². The Bertz CT molecular complexity index is 1070. The smallest absolute Gasteiger partial charge is 0.255 e. The van der Waals surface area contributed by atoms with E-state index in [0.717, 1.165) is 23.3 Å². The molecular weight excluding hydrogens is 386 g/mol. The predicted molar refractivity (Wildman–Crippen MR) is 117 cm³/mol. The Morgan fingerprint density at radius 2 is 2.14 bits per heavy atom. The predicted octanol–water partition coefficient (Wildman–Crippen LogP) is 3.86. The SMILES string of the molecule is CCC(C)C(C)N=c1c(C(=O)NCCc2nc3ccc(Cl)cc3[nH]2)cccn1C. The molecule has 0 saturated heterocycles. The molecule has 0 saturated carbocycles. The average molecular weight is 414 g/mol. The summed E-state index contributed by atoms with van der Waals surface area (Å²) in [5.41, 5.74) is 3.05. The first-order valence-corrected chi connectivity index (χ1v) is 10.4. The summed E-state index contributed by atoms with van der Waals surface area (Å²) in [7, 11) is 1.92. The topological polar surface area (TPSA) is 75.1 Å². The summed E-state index contributed by atoms with van der Waals surface area (Å²) in [5.74, 6) is 1.14. The minimum atomic E-state index is -0.129. The fraction of sp³-hybridized carbons (Fsp3) is 0.409. The Morgan fingerprint density at radius 3 is 2.90 bits per heavy atom. The molecule has 3 aromatic rings. The number of hydrogen-bond donors (Lipinski definition) is 2. The molecule has 154 valence electrons. The van der Waals surface area contributed by atoms with Crippen LogP contribution >= 0.6 is 11.6 Å². The highest BCUT2D eigenvalue weighted by atomic mass is 35.5. The summed E-state index contributed by atoms with van der Waals surface area (Å²) in [4.78, 5) is 25.4. The molecule has 2 heterocycles. The van der Waals surface area contributed by atoms with Crippen molar-refractivity contribution in [1.82, 2.24) is 19.9 Å². The second-order valence-corrected chi connectivity index (χ2v) is 7.90. The largest absolute Gasteiger partial charge is 0.351 e. The van der Waals surface area contributed by atoms with Gasteiger partial charge in [-0.25, -0.2) is 4.98 Å². The Kier molecular flexibility index (Phi) is 6.75. The summed E-state index contributed by atoms with van der Waals surface area (Å²) in [6.07, 6.45) is 3.57. The van der Waals surface area contributed by atoms with E-state index in [-0.39, 0.29) is 11.9 Å². The van der Waals surface area contributed by atoms with Crippen molar-refractivity contribution in [2.24, 2.45) is 18.0 Å². The molecule has 2 aromatic heterocycles. The molecule has 0 bridgehead atoms. The summed E-state index contributed by atoms with van der Waals surface area (Å²) in [5, 5.41) is 3.66. The number of aromatic nitrogens is 3. The van der Waals surface area contributed by atoms with E-state index >= 15 is 0 Å². The fourth-order valence-electron chi connectivity index (χ4n) is 3.15. The number of aryl methyl sites for hydroxylation is 1. The molecule has 29 heavy (non-hydrogen) atoms. The zero-order chi connectivity index (χ0) is 21.0. The van der Waals surface area contributed by atoms with Crippen molar-refractivity contribution in [2.75, 3.05) is 6.54 Å². The lowest BCUT2D eigenvalue weighted by Gasteiger charge is -2.15. The molecule has 0 aliphatic carbocycles. The maximum atomic E-state index is 12.8. The van der Waals surface area contributed by atoms with Gasteiger partial charge in [-0.15, -0.1) is 0 Å². The highest BCUT2D eigenvalue weighted by Gasteiger charge is 2.13. The van der Waals surface area contributed by atoms with Gasteiger partial charge in [0, 0.05) is 31.2 Å². The number of imidazole rings is 1. The fourth-order valence-corrected chi connectivity index (χ4v) is 3.32. The maximum absolute atomic E-state index is 12.8. The number of amides is 1. The standard InChI is InChI=1S/C22H28ClN5O/c1-5-14(2)15(3)25-21-17(7-6-12-28(21)4)22(29)24-11-10-20-26-18-9-8-16(23)13-19(18)27-20/h6-9,12-15H,5,10-11H2,1-4H3,(H,24,29)(H,26,27). The van der Waals surface area contributed by atoms with Crippen LogP contribution in [0.4, 0.5) is 0 Å². The minimum absolute atomic E-state index is 0.129. The Labute approximate surface area is 176 Å². The van der Waals surface area contributed by atoms with Crippen LogP contribution in [0.5, 0.6) is 0 Å². The molecule has 0 radical (unpaired) electrons. The Balaban J connectivity index is 1.72. The molecule has 1 aromatic carbocycles. The number of nitrogens with zero attached hydrogens (tertiary/aromatic N) is 3. The lowest BCUT2D eigenvalue weighted by atomic mass is 10.0. The first-order valence-electron chi connectivity index (χ1n) is 10.0. The van der Waals surface area contributed by atoms with E-state index < -0.39 is 0 Å². The number of carbonyl (C=O) groups excluding carboxylic acids is 1. The number of hydrogen-bond acceptors (Lipinski definition) is 3. The molecule has 3 rings (SSSR count). The number of carbonyl (C=O) groups is 1. The summed E-state index contributed by atoms with van der Waals surface area (Å²) >= 11 is 6.02. The third-order valence-electron chi connectivity index (χ3n) is 5.33. The van der Waals surface area contributed by atoms with E-state index in [0.29, 0.717) is 35.0 Å². The van der Waals surface area contributed by atoms with Crippen LogP contribution in [0.2, 0.25) is 5.02 Å². The van der Waals surface area contributed by atoms with Gasteiger partial charge >= 0.3 is 0 Å². The third-order valence-corrected chi connectivity index (χ3v) is 5.56. The number of rotatable bonds is 7. The van der Waals surface area contributed by atoms with E-state index in [9.17, 15) is 4.79 Å². The average Bonchev–Trinajstić information content (AvgIpc) is 3.10. The number of aromatic amines is 1. The number of nitrogens with one attached hydrogen (secondary N) is 2. The van der Waals surface area contributed by atoms with Crippen LogP contribution in [0, 0.1) is 5.92 Å². The second kappa shape index (κ2) is 9.27. The van der Waals surface area contributed by atoms with Crippen LogP contribution in [-0.4, -0.2) is 33.0 Å². The van der Waals surface area contributed by atoms with E-state index in [4.69, 9.17) is 16.6 Å². The number of halogens is 1. The molecule has 0 spiro atoms. The molecule has 2 N–H and O–H groups in total. The van der Waals surface area contributed by atoms with Gasteiger partial charge in [0.1, 0.15) is 11.3 Å². The zero-order valence-electron chi connectivity index (χ0n) is 17.4. The molecule has 0 aliphatic rings. The normalized spacial score (nSPS) is 14.2. The zero-order valence-corrected chi connectivity index (χ0v) is 18.1. The summed E-state index contributed by atoms with van der Waals surface area (Å²) in [6.45, 7) is 6.90. The van der Waals surface area contributed by atoms with Crippen LogP contribution in [0.15, 0.2) is 41.5 Å². The van der Waals surface area contributed by atoms with Crippen molar-refractivity contribution in [3.05, 3.63) is 58.4 Å². The van der Waals surface area contributed by atoms with Gasteiger partial charge in [-0.3, -0.25) is 9.79 Å². The van der Waals surface area contributed by atoms with Crippen molar-refractivity contribution in [2.45, 2.75) is 39.7 Å². The highest BCUT2D eigenvalue weighted by Crippen LogP contribution is 2.17. The minimum Gasteiger partial charge on any atom is -0.351 e. The lowest BCUT2D eigenvalue weighted by Crippen LogP contribution is -2.35. The second-order valence-electron chi connectivity index (χ2n) is 7.46. The van der Waals surface area contributed by atoms with E-state index in [1.807, 2.05) is 48.1 Å². The van der Waals surface area contributed by atoms with Gasteiger partial charge in [0.2, 0.25) is 0 Å². The van der Waals surface area contributed by atoms with Crippen LogP contribution in [0.1, 0.15) is 43.4 Å². The molecule has 7 heteroatoms. The first kappa shape index (κ1) is 21.1. The van der Waals surface area contributed by atoms with Crippen molar-refractivity contribution in [3.8, 4) is 0 Å². The Morgan fingerprint density at radius 1 is 1.34 bits per heavy atom. The van der Waals surface area contributed by atoms with Crippen LogP contribution in [-0.2, 0) is 13.5 Å². The molecule has 2 atom stereocenters. The van der Waals surface area contributed by atoms with E-state index in [1.165, 1.54) is 0 Å². The molecule has 2 unspecified atom stereocenters. The van der Waals surface area contributed by atoms with Crippen molar-refractivity contribution in [3.63, 3.8) is 0 Å². The van der Waals surface area contributed by atoms with Gasteiger partial charge in [0.15, 0.2) is 0 Å². The molecular formula is C22H28ClN5O. The molecule has 6 nitrogen and oxygen atoms in total. The number of benzene rings is 1. The van der Waals surface area contributed by atoms with Gasteiger partial charge in [0.05, 0.1) is 22.6 Å². The van der Waals surface area contributed by atoms with E-state index in [2.05, 4.69) is 36.1 Å². The van der Waals surface area contributed by atoms with Crippen molar-refractivity contribution < 1.29 is 4.79 Å². The van der Waals surface area contributed by atoms with Crippen LogP contribution < -0.4 is 10.8 Å². The molecule has 0 aliphatic heterocycles. The van der Waals surface area contributed by atoms with Crippen molar-refractivity contribution >= 4 is 28.5 Å². The number of fused-ring (bicyclic) bond motifs is 1. The monoisotopic (exact) mass is 413 g/mol. The quantitative estimate of drug-likeness (QED) is 0.617. The molecule has 0 fully saturated rings. The van der Waals surface area contributed by atoms with Gasteiger partial charge in [-0.2, -0.15) is 0 Å².